The largest absolute Gasteiger partial charge is 0.378 e. The summed E-state index contributed by atoms with van der Waals surface area (Å²) in [6.45, 7) is 2.83. The van der Waals surface area contributed by atoms with Crippen LogP contribution in [0, 0.1) is 0 Å². The first-order valence-corrected chi connectivity index (χ1v) is 8.34. The minimum absolute atomic E-state index is 0.259. The third-order valence-corrected chi connectivity index (χ3v) is 4.42. The molecule has 6 heteroatoms. The Morgan fingerprint density at radius 3 is 2.57 bits per heavy atom. The van der Waals surface area contributed by atoms with Crippen LogP contribution in [0.25, 0.3) is 0 Å². The van der Waals surface area contributed by atoms with E-state index in [-0.39, 0.29) is 4.90 Å². The van der Waals surface area contributed by atoms with Crippen LogP contribution >= 0.6 is 0 Å². The first kappa shape index (κ1) is 15.5. The highest BCUT2D eigenvalue weighted by atomic mass is 32.2. The summed E-state index contributed by atoms with van der Waals surface area (Å²) >= 11 is 0. The van der Waals surface area contributed by atoms with Crippen molar-refractivity contribution in [1.82, 2.24) is 9.71 Å². The summed E-state index contributed by atoms with van der Waals surface area (Å²) in [6, 6.07) is 12.5. The molecule has 0 bridgehead atoms. The molecule has 1 aromatic heterocycles. The number of anilines is 1. The van der Waals surface area contributed by atoms with Crippen molar-refractivity contribution >= 4 is 15.7 Å². The van der Waals surface area contributed by atoms with Gasteiger partial charge in [-0.2, -0.15) is 0 Å². The Bertz CT molecular complexity index is 672. The van der Waals surface area contributed by atoms with E-state index in [9.17, 15) is 8.42 Å². The van der Waals surface area contributed by atoms with E-state index in [0.717, 1.165) is 12.1 Å². The molecule has 0 amide bonds. The second-order valence-corrected chi connectivity index (χ2v) is 6.30. The van der Waals surface area contributed by atoms with Crippen molar-refractivity contribution in [3.8, 4) is 0 Å². The molecule has 21 heavy (non-hydrogen) atoms. The fraction of sp³-hybridized carbons (Fsp3) is 0.267. The maximum atomic E-state index is 12.3. The van der Waals surface area contributed by atoms with Gasteiger partial charge in [-0.1, -0.05) is 25.1 Å². The standard InChI is InChI=1S/C15H19N3O2S/c1-2-10-18-21(19,20)15-9-4-3-8-14(15)17-12-13-7-5-6-11-16-13/h3-9,11,17-18H,2,10,12H2,1H3. The van der Waals surface area contributed by atoms with Gasteiger partial charge in [0.1, 0.15) is 4.90 Å². The molecule has 112 valence electrons. The second-order valence-electron chi connectivity index (χ2n) is 4.57. The summed E-state index contributed by atoms with van der Waals surface area (Å²) in [5.74, 6) is 0. The number of sulfonamides is 1. The van der Waals surface area contributed by atoms with Gasteiger partial charge in [0.05, 0.1) is 17.9 Å². The Labute approximate surface area is 125 Å². The van der Waals surface area contributed by atoms with Crippen LogP contribution < -0.4 is 10.0 Å². The van der Waals surface area contributed by atoms with Crippen molar-refractivity contribution in [3.63, 3.8) is 0 Å². The molecule has 2 aromatic rings. The third-order valence-electron chi connectivity index (χ3n) is 2.90. The molecule has 0 unspecified atom stereocenters. The Hall–Kier alpha value is -1.92. The van der Waals surface area contributed by atoms with Crippen molar-refractivity contribution in [3.05, 3.63) is 54.4 Å². The lowest BCUT2D eigenvalue weighted by Crippen LogP contribution is -2.25. The number of pyridine rings is 1. The first-order chi connectivity index (χ1) is 10.1. The van der Waals surface area contributed by atoms with E-state index in [0.29, 0.717) is 18.8 Å². The summed E-state index contributed by atoms with van der Waals surface area (Å²) in [7, 11) is -3.49. The van der Waals surface area contributed by atoms with E-state index in [1.807, 2.05) is 25.1 Å². The third kappa shape index (κ3) is 4.27. The van der Waals surface area contributed by atoms with Gasteiger partial charge in [0, 0.05) is 12.7 Å². The highest BCUT2D eigenvalue weighted by Crippen LogP contribution is 2.21. The molecule has 1 heterocycles. The molecule has 0 aliphatic heterocycles. The number of rotatable bonds is 7. The molecule has 0 atom stereocenters. The Morgan fingerprint density at radius 1 is 1.10 bits per heavy atom. The number of benzene rings is 1. The van der Waals surface area contributed by atoms with Gasteiger partial charge in [-0.3, -0.25) is 4.98 Å². The molecular weight excluding hydrogens is 286 g/mol. The van der Waals surface area contributed by atoms with Gasteiger partial charge in [-0.25, -0.2) is 13.1 Å². The molecule has 0 fully saturated rings. The molecule has 1 aromatic carbocycles. The van der Waals surface area contributed by atoms with Crippen LogP contribution in [0.1, 0.15) is 19.0 Å². The zero-order valence-corrected chi connectivity index (χ0v) is 12.7. The number of hydrogen-bond acceptors (Lipinski definition) is 4. The van der Waals surface area contributed by atoms with Crippen molar-refractivity contribution in [2.24, 2.45) is 0 Å². The topological polar surface area (TPSA) is 71.1 Å². The zero-order chi connectivity index (χ0) is 15.1. The molecule has 2 rings (SSSR count). The zero-order valence-electron chi connectivity index (χ0n) is 11.9. The fourth-order valence-corrected chi connectivity index (χ4v) is 3.17. The minimum atomic E-state index is -3.49. The predicted molar refractivity (Wildman–Crippen MR) is 83.5 cm³/mol. The summed E-state index contributed by atoms with van der Waals surface area (Å²) in [6.07, 6.45) is 2.46. The number of nitrogens with one attached hydrogen (secondary N) is 2. The lowest BCUT2D eigenvalue weighted by Gasteiger charge is -2.12. The van der Waals surface area contributed by atoms with E-state index in [1.54, 1.807) is 30.5 Å². The van der Waals surface area contributed by atoms with Gasteiger partial charge < -0.3 is 5.32 Å². The number of para-hydroxylation sites is 1. The SMILES string of the molecule is CCCNS(=O)(=O)c1ccccc1NCc1ccccn1. The van der Waals surface area contributed by atoms with Crippen LogP contribution in [-0.2, 0) is 16.6 Å². The summed E-state index contributed by atoms with van der Waals surface area (Å²) in [5.41, 5.74) is 1.43. The quantitative estimate of drug-likeness (QED) is 0.824. The molecule has 0 saturated heterocycles. The molecule has 5 nitrogen and oxygen atoms in total. The maximum Gasteiger partial charge on any atom is 0.242 e. The van der Waals surface area contributed by atoms with E-state index in [2.05, 4.69) is 15.0 Å². The average molecular weight is 305 g/mol. The maximum absolute atomic E-state index is 12.3. The monoisotopic (exact) mass is 305 g/mol. The predicted octanol–water partition coefficient (Wildman–Crippen LogP) is 2.38. The van der Waals surface area contributed by atoms with Gasteiger partial charge in [0.2, 0.25) is 10.0 Å². The molecule has 0 radical (unpaired) electrons. The van der Waals surface area contributed by atoms with Crippen LogP contribution in [0.5, 0.6) is 0 Å². The molecule has 0 saturated carbocycles. The number of hydrogen-bond donors (Lipinski definition) is 2. The number of nitrogens with zero attached hydrogens (tertiary/aromatic N) is 1. The molecule has 2 N–H and O–H groups in total. The molecule has 0 spiro atoms. The Balaban J connectivity index is 2.17. The van der Waals surface area contributed by atoms with E-state index < -0.39 is 10.0 Å². The van der Waals surface area contributed by atoms with Crippen LogP contribution in [0.15, 0.2) is 53.6 Å². The first-order valence-electron chi connectivity index (χ1n) is 6.86. The van der Waals surface area contributed by atoms with E-state index in [4.69, 9.17) is 0 Å². The lowest BCUT2D eigenvalue weighted by atomic mass is 10.3. The van der Waals surface area contributed by atoms with Gasteiger partial charge in [0.25, 0.3) is 0 Å². The minimum Gasteiger partial charge on any atom is -0.378 e. The summed E-state index contributed by atoms with van der Waals surface area (Å²) in [4.78, 5) is 4.47. The van der Waals surface area contributed by atoms with E-state index in [1.165, 1.54) is 0 Å². The van der Waals surface area contributed by atoms with Gasteiger partial charge in [-0.15, -0.1) is 0 Å². The molecule has 0 aliphatic rings. The van der Waals surface area contributed by atoms with Crippen LogP contribution in [0.2, 0.25) is 0 Å². The van der Waals surface area contributed by atoms with Gasteiger partial charge >= 0.3 is 0 Å². The van der Waals surface area contributed by atoms with Crippen molar-refractivity contribution in [2.45, 2.75) is 24.8 Å². The second kappa shape index (κ2) is 7.19. The van der Waals surface area contributed by atoms with Crippen molar-refractivity contribution in [2.75, 3.05) is 11.9 Å². The fourth-order valence-electron chi connectivity index (χ4n) is 1.85. The number of aromatic nitrogens is 1. The van der Waals surface area contributed by atoms with Crippen molar-refractivity contribution < 1.29 is 8.42 Å². The molecular formula is C15H19N3O2S. The van der Waals surface area contributed by atoms with Gasteiger partial charge in [0.15, 0.2) is 0 Å². The van der Waals surface area contributed by atoms with Crippen LogP contribution in [-0.4, -0.2) is 19.9 Å². The van der Waals surface area contributed by atoms with Gasteiger partial charge in [-0.05, 0) is 30.7 Å². The smallest absolute Gasteiger partial charge is 0.242 e. The van der Waals surface area contributed by atoms with Crippen molar-refractivity contribution in [1.29, 1.82) is 0 Å². The van der Waals surface area contributed by atoms with Crippen LogP contribution in [0.4, 0.5) is 5.69 Å². The summed E-state index contributed by atoms with van der Waals surface area (Å²) in [5, 5.41) is 3.13. The average Bonchev–Trinajstić information content (AvgIpc) is 2.52. The lowest BCUT2D eigenvalue weighted by molar-refractivity contribution is 0.581. The Kier molecular flexibility index (Phi) is 5.30. The van der Waals surface area contributed by atoms with E-state index >= 15 is 0 Å². The van der Waals surface area contributed by atoms with Crippen LogP contribution in [0.3, 0.4) is 0 Å². The highest BCUT2D eigenvalue weighted by molar-refractivity contribution is 7.89. The summed E-state index contributed by atoms with van der Waals surface area (Å²) < 4.78 is 27.1. The highest BCUT2D eigenvalue weighted by Gasteiger charge is 2.17. The normalized spacial score (nSPS) is 11.3. The Morgan fingerprint density at radius 2 is 1.86 bits per heavy atom. The molecule has 0 aliphatic carbocycles.